The van der Waals surface area contributed by atoms with Gasteiger partial charge in [0, 0.05) is 16.8 Å². The van der Waals surface area contributed by atoms with Gasteiger partial charge in [0.2, 0.25) is 0 Å². The van der Waals surface area contributed by atoms with Crippen molar-refractivity contribution in [2.75, 3.05) is 5.32 Å². The molecule has 2 heterocycles. The number of rotatable bonds is 3. The number of aromatic nitrogens is 4. The average Bonchev–Trinajstić information content (AvgIpc) is 3.04. The van der Waals surface area contributed by atoms with Gasteiger partial charge >= 0.3 is 0 Å². The van der Waals surface area contributed by atoms with Crippen molar-refractivity contribution in [2.24, 2.45) is 0 Å². The number of aromatic amines is 1. The third kappa shape index (κ3) is 2.94. The van der Waals surface area contributed by atoms with E-state index in [4.69, 9.17) is 0 Å². The van der Waals surface area contributed by atoms with E-state index < -0.39 is 0 Å². The van der Waals surface area contributed by atoms with E-state index in [1.54, 1.807) is 24.4 Å². The third-order valence-corrected chi connectivity index (χ3v) is 2.98. The molecule has 0 aliphatic heterocycles. The number of anilines is 1. The lowest BCUT2D eigenvalue weighted by atomic mass is 10.1. The third-order valence-electron chi connectivity index (χ3n) is 2.98. The van der Waals surface area contributed by atoms with Crippen molar-refractivity contribution in [3.63, 3.8) is 0 Å². The molecule has 0 bridgehead atoms. The molecule has 1 aromatic carbocycles. The van der Waals surface area contributed by atoms with Gasteiger partial charge in [-0.2, -0.15) is 5.10 Å². The summed E-state index contributed by atoms with van der Waals surface area (Å²) in [6.45, 7) is 1.90. The average molecular weight is 279 g/mol. The van der Waals surface area contributed by atoms with Crippen molar-refractivity contribution in [2.45, 2.75) is 6.92 Å². The lowest BCUT2D eigenvalue weighted by Crippen LogP contribution is -2.12. The van der Waals surface area contributed by atoms with Crippen molar-refractivity contribution in [1.29, 1.82) is 0 Å². The van der Waals surface area contributed by atoms with Crippen LogP contribution in [0.25, 0.3) is 11.4 Å². The van der Waals surface area contributed by atoms with E-state index in [9.17, 15) is 4.79 Å². The minimum atomic E-state index is -0.193. The van der Waals surface area contributed by atoms with Crippen LogP contribution < -0.4 is 5.32 Å². The second-order valence-corrected chi connectivity index (χ2v) is 4.56. The number of aryl methyl sites for hydroxylation is 1. The highest BCUT2D eigenvalue weighted by Gasteiger charge is 2.09. The number of hydrogen-bond donors (Lipinski definition) is 2. The Hall–Kier alpha value is -3.02. The molecule has 1 amide bonds. The lowest BCUT2D eigenvalue weighted by Gasteiger charge is -2.06. The van der Waals surface area contributed by atoms with Crippen molar-refractivity contribution < 1.29 is 4.79 Å². The monoisotopic (exact) mass is 279 g/mol. The summed E-state index contributed by atoms with van der Waals surface area (Å²) >= 11 is 0. The number of carbonyl (C=O) groups is 1. The standard InChI is InChI=1S/C15H13N5O/c1-10-5-6-13(8-16-10)19-15(21)12-4-2-3-11(7-12)14-17-9-18-20-14/h2-9H,1H3,(H,19,21)(H,17,18,20). The van der Waals surface area contributed by atoms with Crippen LogP contribution in [0.15, 0.2) is 48.9 Å². The van der Waals surface area contributed by atoms with Crippen molar-refractivity contribution >= 4 is 11.6 Å². The van der Waals surface area contributed by atoms with Crippen molar-refractivity contribution in [1.82, 2.24) is 20.2 Å². The highest BCUT2D eigenvalue weighted by atomic mass is 16.1. The van der Waals surface area contributed by atoms with E-state index in [1.807, 2.05) is 25.1 Å². The van der Waals surface area contributed by atoms with Gasteiger partial charge in [-0.15, -0.1) is 0 Å². The molecule has 3 rings (SSSR count). The summed E-state index contributed by atoms with van der Waals surface area (Å²) in [6.07, 6.45) is 3.06. The SMILES string of the molecule is Cc1ccc(NC(=O)c2cccc(-c3ncn[nH]3)c2)cn1. The first-order valence-electron chi connectivity index (χ1n) is 6.42. The number of carbonyl (C=O) groups excluding carboxylic acids is 1. The maximum atomic E-state index is 12.2. The van der Waals surface area contributed by atoms with Gasteiger partial charge in [-0.05, 0) is 31.2 Å². The van der Waals surface area contributed by atoms with Gasteiger partial charge in [0.05, 0.1) is 11.9 Å². The molecule has 3 aromatic rings. The number of nitrogens with zero attached hydrogens (tertiary/aromatic N) is 3. The number of hydrogen-bond acceptors (Lipinski definition) is 4. The second kappa shape index (κ2) is 5.54. The van der Waals surface area contributed by atoms with Crippen LogP contribution in [0.5, 0.6) is 0 Å². The smallest absolute Gasteiger partial charge is 0.255 e. The van der Waals surface area contributed by atoms with Crippen molar-refractivity contribution in [3.05, 3.63) is 60.2 Å². The van der Waals surface area contributed by atoms with Gasteiger partial charge in [0.15, 0.2) is 5.82 Å². The molecule has 104 valence electrons. The molecule has 0 spiro atoms. The van der Waals surface area contributed by atoms with Crippen LogP contribution in [0, 0.1) is 6.92 Å². The van der Waals surface area contributed by atoms with Gasteiger partial charge in [0.1, 0.15) is 6.33 Å². The van der Waals surface area contributed by atoms with E-state index in [0.29, 0.717) is 17.1 Å². The van der Waals surface area contributed by atoms with Crippen molar-refractivity contribution in [3.8, 4) is 11.4 Å². The Labute approximate surface area is 121 Å². The van der Waals surface area contributed by atoms with Crippen LogP contribution in [-0.4, -0.2) is 26.1 Å². The number of benzene rings is 1. The fourth-order valence-electron chi connectivity index (χ4n) is 1.90. The fourth-order valence-corrected chi connectivity index (χ4v) is 1.90. The first kappa shape index (κ1) is 13.0. The molecule has 0 saturated heterocycles. The number of H-pyrrole nitrogens is 1. The first-order valence-corrected chi connectivity index (χ1v) is 6.42. The minimum absolute atomic E-state index is 0.193. The van der Waals surface area contributed by atoms with Crippen LogP contribution in [0.2, 0.25) is 0 Å². The Balaban J connectivity index is 1.81. The summed E-state index contributed by atoms with van der Waals surface area (Å²) in [6, 6.07) is 10.8. The number of pyridine rings is 1. The maximum absolute atomic E-state index is 12.2. The summed E-state index contributed by atoms with van der Waals surface area (Å²) in [5.74, 6) is 0.434. The van der Waals surface area contributed by atoms with E-state index in [0.717, 1.165) is 11.3 Å². The van der Waals surface area contributed by atoms with Gasteiger partial charge in [0.25, 0.3) is 5.91 Å². The summed E-state index contributed by atoms with van der Waals surface area (Å²) in [5.41, 5.74) is 2.92. The van der Waals surface area contributed by atoms with Gasteiger partial charge in [-0.25, -0.2) is 4.98 Å². The molecule has 0 aliphatic rings. The zero-order chi connectivity index (χ0) is 14.7. The van der Waals surface area contributed by atoms with E-state index in [-0.39, 0.29) is 5.91 Å². The predicted octanol–water partition coefficient (Wildman–Crippen LogP) is 2.43. The molecule has 6 nitrogen and oxygen atoms in total. The van der Waals surface area contributed by atoms with Crippen LogP contribution >= 0.6 is 0 Å². The molecule has 0 atom stereocenters. The highest BCUT2D eigenvalue weighted by molar-refractivity contribution is 6.04. The zero-order valence-corrected chi connectivity index (χ0v) is 11.4. The summed E-state index contributed by atoms with van der Waals surface area (Å²) < 4.78 is 0. The molecule has 0 unspecified atom stereocenters. The molecule has 0 saturated carbocycles. The fraction of sp³-hybridized carbons (Fsp3) is 0.0667. The molecule has 0 aliphatic carbocycles. The molecule has 0 radical (unpaired) electrons. The van der Waals surface area contributed by atoms with E-state index in [1.165, 1.54) is 6.33 Å². The summed E-state index contributed by atoms with van der Waals surface area (Å²) in [7, 11) is 0. The molecule has 6 heteroatoms. The maximum Gasteiger partial charge on any atom is 0.255 e. The topological polar surface area (TPSA) is 83.6 Å². The largest absolute Gasteiger partial charge is 0.321 e. The van der Waals surface area contributed by atoms with E-state index >= 15 is 0 Å². The Kier molecular flexibility index (Phi) is 3.42. The molecular weight excluding hydrogens is 266 g/mol. The Morgan fingerprint density at radius 3 is 2.81 bits per heavy atom. The normalized spacial score (nSPS) is 10.3. The van der Waals surface area contributed by atoms with Crippen LogP contribution in [0.3, 0.4) is 0 Å². The van der Waals surface area contributed by atoms with Crippen LogP contribution in [-0.2, 0) is 0 Å². The molecular formula is C15H13N5O. The number of nitrogens with one attached hydrogen (secondary N) is 2. The summed E-state index contributed by atoms with van der Waals surface area (Å²) in [5, 5.41) is 9.39. The molecule has 2 N–H and O–H groups in total. The minimum Gasteiger partial charge on any atom is -0.321 e. The lowest BCUT2D eigenvalue weighted by molar-refractivity contribution is 0.102. The number of amides is 1. The van der Waals surface area contributed by atoms with Crippen LogP contribution in [0.4, 0.5) is 5.69 Å². The van der Waals surface area contributed by atoms with Crippen LogP contribution in [0.1, 0.15) is 16.1 Å². The van der Waals surface area contributed by atoms with E-state index in [2.05, 4.69) is 25.5 Å². The Bertz CT molecular complexity index is 750. The Morgan fingerprint density at radius 1 is 1.19 bits per heavy atom. The summed E-state index contributed by atoms with van der Waals surface area (Å²) in [4.78, 5) is 20.5. The zero-order valence-electron chi connectivity index (χ0n) is 11.4. The molecule has 0 fully saturated rings. The second-order valence-electron chi connectivity index (χ2n) is 4.56. The van der Waals surface area contributed by atoms with Gasteiger partial charge in [-0.3, -0.25) is 14.9 Å². The van der Waals surface area contributed by atoms with Gasteiger partial charge < -0.3 is 5.32 Å². The highest BCUT2D eigenvalue weighted by Crippen LogP contribution is 2.16. The Morgan fingerprint density at radius 2 is 2.10 bits per heavy atom. The quantitative estimate of drug-likeness (QED) is 0.771. The molecule has 21 heavy (non-hydrogen) atoms. The molecule has 2 aromatic heterocycles. The first-order chi connectivity index (χ1) is 10.2. The van der Waals surface area contributed by atoms with Gasteiger partial charge in [-0.1, -0.05) is 12.1 Å². The predicted molar refractivity (Wildman–Crippen MR) is 78.7 cm³/mol.